The number of imidazole rings is 1. The molecule has 0 fully saturated rings. The molecule has 1 aromatic carbocycles. The molecular weight excluding hydrogens is 186 g/mol. The number of rotatable bonds is 2. The highest BCUT2D eigenvalue weighted by atomic mass is 15.3. The van der Waals surface area contributed by atoms with Gasteiger partial charge in [0.25, 0.3) is 0 Å². The first-order valence-corrected chi connectivity index (χ1v) is 4.94. The summed E-state index contributed by atoms with van der Waals surface area (Å²) >= 11 is 0. The van der Waals surface area contributed by atoms with Crippen molar-refractivity contribution in [3.63, 3.8) is 0 Å². The van der Waals surface area contributed by atoms with Crippen LogP contribution in [0.4, 0.5) is 5.95 Å². The molecule has 3 heteroatoms. The molecule has 15 heavy (non-hydrogen) atoms. The fraction of sp³-hybridized carbons (Fsp3) is 0.250. The average molecular weight is 201 g/mol. The minimum absolute atomic E-state index is 0.967. The normalized spacial score (nSPS) is 10.3. The minimum atomic E-state index is 0.967. The first-order chi connectivity index (χ1) is 7.18. The van der Waals surface area contributed by atoms with E-state index in [0.717, 1.165) is 17.2 Å². The van der Waals surface area contributed by atoms with Crippen LogP contribution in [0.2, 0.25) is 0 Å². The maximum Gasteiger partial charge on any atom is 0.205 e. The zero-order chi connectivity index (χ0) is 10.8. The van der Waals surface area contributed by atoms with Gasteiger partial charge in [-0.1, -0.05) is 30.3 Å². The van der Waals surface area contributed by atoms with Gasteiger partial charge in [0.2, 0.25) is 5.95 Å². The van der Waals surface area contributed by atoms with Crippen LogP contribution in [0.3, 0.4) is 0 Å². The van der Waals surface area contributed by atoms with E-state index < -0.39 is 0 Å². The monoisotopic (exact) mass is 201 g/mol. The highest BCUT2D eigenvalue weighted by molar-refractivity contribution is 5.60. The van der Waals surface area contributed by atoms with E-state index >= 15 is 0 Å². The van der Waals surface area contributed by atoms with Crippen molar-refractivity contribution in [3.8, 4) is 11.3 Å². The molecule has 3 nitrogen and oxygen atoms in total. The smallest absolute Gasteiger partial charge is 0.205 e. The van der Waals surface area contributed by atoms with Gasteiger partial charge in [0, 0.05) is 32.9 Å². The summed E-state index contributed by atoms with van der Waals surface area (Å²) in [6, 6.07) is 10.2. The second-order valence-electron chi connectivity index (χ2n) is 3.80. The maximum absolute atomic E-state index is 4.57. The van der Waals surface area contributed by atoms with E-state index in [-0.39, 0.29) is 0 Å². The molecule has 0 N–H and O–H groups in total. The van der Waals surface area contributed by atoms with Crippen LogP contribution in [-0.4, -0.2) is 23.6 Å². The van der Waals surface area contributed by atoms with Crippen LogP contribution in [0, 0.1) is 0 Å². The van der Waals surface area contributed by atoms with E-state index in [9.17, 15) is 0 Å². The molecule has 0 unspecified atom stereocenters. The van der Waals surface area contributed by atoms with Crippen molar-refractivity contribution in [2.75, 3.05) is 19.0 Å². The molecule has 1 aromatic heterocycles. The maximum atomic E-state index is 4.57. The number of hydrogen-bond acceptors (Lipinski definition) is 2. The molecule has 0 saturated carbocycles. The van der Waals surface area contributed by atoms with Crippen molar-refractivity contribution in [3.05, 3.63) is 36.5 Å². The van der Waals surface area contributed by atoms with Crippen molar-refractivity contribution < 1.29 is 0 Å². The number of nitrogens with zero attached hydrogens (tertiary/aromatic N) is 3. The van der Waals surface area contributed by atoms with Gasteiger partial charge in [-0.3, -0.25) is 0 Å². The van der Waals surface area contributed by atoms with E-state index in [1.54, 1.807) is 0 Å². The van der Waals surface area contributed by atoms with E-state index in [2.05, 4.69) is 17.1 Å². The molecule has 2 rings (SSSR count). The molecule has 0 saturated heterocycles. The number of anilines is 1. The molecule has 2 aromatic rings. The zero-order valence-corrected chi connectivity index (χ0v) is 9.31. The Morgan fingerprint density at radius 2 is 1.80 bits per heavy atom. The summed E-state index contributed by atoms with van der Waals surface area (Å²) < 4.78 is 2.03. The highest BCUT2D eigenvalue weighted by Gasteiger charge is 2.07. The highest BCUT2D eigenvalue weighted by Crippen LogP contribution is 2.20. The largest absolute Gasteiger partial charge is 0.348 e. The van der Waals surface area contributed by atoms with Gasteiger partial charge in [-0.15, -0.1) is 0 Å². The van der Waals surface area contributed by atoms with E-state index in [4.69, 9.17) is 0 Å². The number of aryl methyl sites for hydroxylation is 1. The van der Waals surface area contributed by atoms with Crippen molar-refractivity contribution in [2.45, 2.75) is 0 Å². The standard InChI is InChI=1S/C12H15N3/c1-14(2)12-13-11(9-15(12)3)10-7-5-4-6-8-10/h4-9H,1-3H3. The van der Waals surface area contributed by atoms with Gasteiger partial charge in [-0.25, -0.2) is 4.98 Å². The topological polar surface area (TPSA) is 21.1 Å². The Morgan fingerprint density at radius 3 is 2.33 bits per heavy atom. The summed E-state index contributed by atoms with van der Waals surface area (Å²) in [6.45, 7) is 0. The number of hydrogen-bond donors (Lipinski definition) is 0. The summed E-state index contributed by atoms with van der Waals surface area (Å²) in [5, 5.41) is 0. The molecule has 0 aliphatic rings. The van der Waals surface area contributed by atoms with E-state index in [0.29, 0.717) is 0 Å². The lowest BCUT2D eigenvalue weighted by Gasteiger charge is -2.09. The van der Waals surface area contributed by atoms with E-state index in [1.807, 2.05) is 55.0 Å². The third-order valence-electron chi connectivity index (χ3n) is 2.32. The molecule has 0 aliphatic heterocycles. The van der Waals surface area contributed by atoms with Crippen LogP contribution >= 0.6 is 0 Å². The van der Waals surface area contributed by atoms with Crippen molar-refractivity contribution >= 4 is 5.95 Å². The predicted octanol–water partition coefficient (Wildman–Crippen LogP) is 2.15. The predicted molar refractivity (Wildman–Crippen MR) is 63.0 cm³/mol. The van der Waals surface area contributed by atoms with Crippen molar-refractivity contribution in [1.29, 1.82) is 0 Å². The first kappa shape index (κ1) is 9.77. The van der Waals surface area contributed by atoms with Crippen LogP contribution in [0.5, 0.6) is 0 Å². The molecule has 78 valence electrons. The molecule has 0 amide bonds. The second-order valence-corrected chi connectivity index (χ2v) is 3.80. The Kier molecular flexibility index (Phi) is 2.46. The van der Waals surface area contributed by atoms with Crippen LogP contribution in [0.1, 0.15) is 0 Å². The molecule has 0 radical (unpaired) electrons. The van der Waals surface area contributed by atoms with Gasteiger partial charge in [-0.2, -0.15) is 0 Å². The van der Waals surface area contributed by atoms with Gasteiger partial charge in [0.15, 0.2) is 0 Å². The van der Waals surface area contributed by atoms with Crippen LogP contribution in [0.25, 0.3) is 11.3 Å². The lowest BCUT2D eigenvalue weighted by atomic mass is 10.2. The molecular formula is C12H15N3. The third kappa shape index (κ3) is 1.86. The summed E-state index contributed by atoms with van der Waals surface area (Å²) in [6.07, 6.45) is 2.05. The SMILES string of the molecule is CN(C)c1nc(-c2ccccc2)cn1C. The van der Waals surface area contributed by atoms with E-state index in [1.165, 1.54) is 0 Å². The summed E-state index contributed by atoms with van der Waals surface area (Å²) in [5.74, 6) is 0.967. The second kappa shape index (κ2) is 3.77. The Morgan fingerprint density at radius 1 is 1.13 bits per heavy atom. The van der Waals surface area contributed by atoms with Gasteiger partial charge >= 0.3 is 0 Å². The molecule has 0 aliphatic carbocycles. The quantitative estimate of drug-likeness (QED) is 0.742. The third-order valence-corrected chi connectivity index (χ3v) is 2.32. The van der Waals surface area contributed by atoms with Crippen molar-refractivity contribution in [1.82, 2.24) is 9.55 Å². The summed E-state index contributed by atoms with van der Waals surface area (Å²) in [5.41, 5.74) is 2.17. The lowest BCUT2D eigenvalue weighted by Crippen LogP contribution is -2.13. The van der Waals surface area contributed by atoms with Crippen LogP contribution in [0.15, 0.2) is 36.5 Å². The fourth-order valence-electron chi connectivity index (χ4n) is 1.62. The van der Waals surface area contributed by atoms with Gasteiger partial charge in [0.05, 0.1) is 5.69 Å². The number of aromatic nitrogens is 2. The van der Waals surface area contributed by atoms with Gasteiger partial charge in [0.1, 0.15) is 0 Å². The van der Waals surface area contributed by atoms with Crippen molar-refractivity contribution in [2.24, 2.45) is 7.05 Å². The zero-order valence-electron chi connectivity index (χ0n) is 9.31. The van der Waals surface area contributed by atoms with Gasteiger partial charge < -0.3 is 9.47 Å². The first-order valence-electron chi connectivity index (χ1n) is 4.94. The molecule has 1 heterocycles. The number of benzene rings is 1. The Balaban J connectivity index is 2.43. The van der Waals surface area contributed by atoms with Crippen LogP contribution < -0.4 is 4.90 Å². The molecule has 0 bridgehead atoms. The molecule has 0 atom stereocenters. The minimum Gasteiger partial charge on any atom is -0.348 e. The average Bonchev–Trinajstić information content (AvgIpc) is 2.62. The summed E-state index contributed by atoms with van der Waals surface area (Å²) in [4.78, 5) is 6.57. The fourth-order valence-corrected chi connectivity index (χ4v) is 1.62. The Hall–Kier alpha value is -1.77. The Bertz CT molecular complexity index is 443. The molecule has 0 spiro atoms. The Labute approximate surface area is 90.0 Å². The van der Waals surface area contributed by atoms with Crippen LogP contribution in [-0.2, 0) is 7.05 Å². The lowest BCUT2D eigenvalue weighted by molar-refractivity contribution is 0.867. The summed E-state index contributed by atoms with van der Waals surface area (Å²) in [7, 11) is 6.00. The van der Waals surface area contributed by atoms with Gasteiger partial charge in [-0.05, 0) is 0 Å².